The maximum atomic E-state index is 12.6. The number of aliphatic carboxylic acids is 1. The molecular weight excluding hydrogens is 334 g/mol. The van der Waals surface area contributed by atoms with Gasteiger partial charge in [0.25, 0.3) is 0 Å². The molecule has 0 aliphatic carbocycles. The van der Waals surface area contributed by atoms with E-state index < -0.39 is 39.0 Å². The van der Waals surface area contributed by atoms with E-state index in [-0.39, 0.29) is 10.5 Å². The van der Waals surface area contributed by atoms with Crippen LogP contribution < -0.4 is 5.32 Å². The van der Waals surface area contributed by atoms with Gasteiger partial charge < -0.3 is 15.2 Å². The molecule has 1 aliphatic rings. The average Bonchev–Trinajstić information content (AvgIpc) is 3.03. The summed E-state index contributed by atoms with van der Waals surface area (Å²) in [4.78, 5) is 23.3. The fourth-order valence-corrected chi connectivity index (χ4v) is 4.13. The second-order valence-electron chi connectivity index (χ2n) is 6.00. The average molecular weight is 355 g/mol. The van der Waals surface area contributed by atoms with E-state index >= 15 is 0 Å². The molecule has 8 heteroatoms. The second kappa shape index (κ2) is 6.90. The minimum absolute atomic E-state index is 0.0517. The van der Waals surface area contributed by atoms with Crippen LogP contribution in [0.15, 0.2) is 23.1 Å². The molecule has 1 aliphatic heterocycles. The fourth-order valence-electron chi connectivity index (χ4n) is 2.85. The number of esters is 1. The van der Waals surface area contributed by atoms with Gasteiger partial charge in [0.05, 0.1) is 28.7 Å². The van der Waals surface area contributed by atoms with Crippen molar-refractivity contribution in [3.63, 3.8) is 0 Å². The van der Waals surface area contributed by atoms with Crippen LogP contribution in [0.1, 0.15) is 42.2 Å². The first-order chi connectivity index (χ1) is 11.2. The minimum atomic E-state index is -3.63. The van der Waals surface area contributed by atoms with Gasteiger partial charge >= 0.3 is 11.9 Å². The van der Waals surface area contributed by atoms with Crippen LogP contribution in [-0.4, -0.2) is 44.4 Å². The number of carbonyl (C=O) groups excluding carboxylic acids is 1. The summed E-state index contributed by atoms with van der Waals surface area (Å²) in [6, 6.07) is 3.49. The van der Waals surface area contributed by atoms with Crippen LogP contribution in [0.2, 0.25) is 0 Å². The molecule has 1 saturated heterocycles. The van der Waals surface area contributed by atoms with Gasteiger partial charge in [0, 0.05) is 6.04 Å². The highest BCUT2D eigenvalue weighted by molar-refractivity contribution is 7.92. The highest BCUT2D eigenvalue weighted by atomic mass is 32.2. The van der Waals surface area contributed by atoms with Crippen LogP contribution in [0, 0.1) is 5.92 Å². The largest absolute Gasteiger partial charge is 0.481 e. The number of carbonyl (C=O) groups is 2. The summed E-state index contributed by atoms with van der Waals surface area (Å²) in [5.74, 6) is -2.35. The Morgan fingerprint density at radius 1 is 1.33 bits per heavy atom. The molecule has 2 N–H and O–H groups in total. The van der Waals surface area contributed by atoms with Gasteiger partial charge in [-0.05, 0) is 50.6 Å². The van der Waals surface area contributed by atoms with E-state index in [0.717, 1.165) is 0 Å². The lowest BCUT2D eigenvalue weighted by atomic mass is 9.93. The highest BCUT2D eigenvalue weighted by Crippen LogP contribution is 2.35. The number of benzene rings is 1. The van der Waals surface area contributed by atoms with E-state index in [9.17, 15) is 23.1 Å². The SMILES string of the molecule is COC(=O)c1ccc(S(=O)(=O)C(C)C)c(C2NCCC2C(=O)O)c1. The van der Waals surface area contributed by atoms with Gasteiger partial charge in [0.1, 0.15) is 0 Å². The van der Waals surface area contributed by atoms with Crippen molar-refractivity contribution in [2.75, 3.05) is 13.7 Å². The Bertz CT molecular complexity index is 756. The summed E-state index contributed by atoms with van der Waals surface area (Å²) in [5.41, 5.74) is 0.490. The molecule has 0 bridgehead atoms. The van der Waals surface area contributed by atoms with Gasteiger partial charge in [-0.25, -0.2) is 13.2 Å². The standard InChI is InChI=1S/C16H21NO6S/c1-9(2)24(21,22)13-5-4-10(16(20)23-3)8-12(13)14-11(15(18)19)6-7-17-14/h4-5,8-9,11,14,17H,6-7H2,1-3H3,(H,18,19). The van der Waals surface area contributed by atoms with Crippen LogP contribution in [0.4, 0.5) is 0 Å². The number of hydrogen-bond donors (Lipinski definition) is 2. The van der Waals surface area contributed by atoms with Crippen LogP contribution in [-0.2, 0) is 19.4 Å². The molecule has 132 valence electrons. The number of methoxy groups -OCH3 is 1. The zero-order valence-corrected chi connectivity index (χ0v) is 14.6. The Labute approximate surface area is 140 Å². The van der Waals surface area contributed by atoms with E-state index in [4.69, 9.17) is 0 Å². The van der Waals surface area contributed by atoms with Crippen molar-refractivity contribution in [1.82, 2.24) is 5.32 Å². The van der Waals surface area contributed by atoms with E-state index in [1.165, 1.54) is 25.3 Å². The third kappa shape index (κ3) is 3.29. The molecule has 2 atom stereocenters. The predicted molar refractivity (Wildman–Crippen MR) is 86.6 cm³/mol. The Kier molecular flexibility index (Phi) is 5.29. The van der Waals surface area contributed by atoms with E-state index in [0.29, 0.717) is 18.5 Å². The molecule has 0 amide bonds. The van der Waals surface area contributed by atoms with Crippen molar-refractivity contribution in [2.45, 2.75) is 36.5 Å². The quantitative estimate of drug-likeness (QED) is 0.768. The van der Waals surface area contributed by atoms with Crippen LogP contribution in [0.25, 0.3) is 0 Å². The molecule has 0 saturated carbocycles. The molecule has 0 aromatic heterocycles. The molecule has 0 radical (unpaired) electrons. The molecule has 1 fully saturated rings. The van der Waals surface area contributed by atoms with Gasteiger partial charge in [-0.3, -0.25) is 4.79 Å². The molecule has 2 unspecified atom stereocenters. The van der Waals surface area contributed by atoms with Crippen molar-refractivity contribution < 1.29 is 27.9 Å². The summed E-state index contributed by atoms with van der Waals surface area (Å²) in [7, 11) is -2.40. The lowest BCUT2D eigenvalue weighted by Gasteiger charge is -2.21. The number of nitrogens with one attached hydrogen (secondary N) is 1. The van der Waals surface area contributed by atoms with Gasteiger partial charge in [-0.1, -0.05) is 0 Å². The van der Waals surface area contributed by atoms with Crippen molar-refractivity contribution in [3.8, 4) is 0 Å². The summed E-state index contributed by atoms with van der Waals surface area (Å²) in [6.45, 7) is 3.58. The number of rotatable bonds is 5. The zero-order chi connectivity index (χ0) is 18.1. The summed E-state index contributed by atoms with van der Waals surface area (Å²) in [5, 5.41) is 11.8. The minimum Gasteiger partial charge on any atom is -0.481 e. The molecule has 0 spiro atoms. The Balaban J connectivity index is 2.65. The summed E-state index contributed by atoms with van der Waals surface area (Å²) >= 11 is 0. The smallest absolute Gasteiger partial charge is 0.337 e. The highest BCUT2D eigenvalue weighted by Gasteiger charge is 2.37. The normalized spacial score (nSPS) is 21.0. The van der Waals surface area contributed by atoms with Crippen LogP contribution >= 0.6 is 0 Å². The first-order valence-electron chi connectivity index (χ1n) is 7.62. The number of carboxylic acid groups (broad SMARTS) is 1. The Hall–Kier alpha value is -1.93. The van der Waals surface area contributed by atoms with Crippen molar-refractivity contribution in [1.29, 1.82) is 0 Å². The zero-order valence-electron chi connectivity index (χ0n) is 13.8. The van der Waals surface area contributed by atoms with E-state index in [1.54, 1.807) is 13.8 Å². The van der Waals surface area contributed by atoms with Gasteiger partial charge in [0.15, 0.2) is 9.84 Å². The van der Waals surface area contributed by atoms with Crippen molar-refractivity contribution >= 4 is 21.8 Å². The number of hydrogen-bond acceptors (Lipinski definition) is 6. The lowest BCUT2D eigenvalue weighted by Crippen LogP contribution is -2.27. The van der Waals surface area contributed by atoms with Crippen LogP contribution in [0.5, 0.6) is 0 Å². The monoisotopic (exact) mass is 355 g/mol. The first-order valence-corrected chi connectivity index (χ1v) is 9.17. The Morgan fingerprint density at radius 2 is 2.00 bits per heavy atom. The maximum absolute atomic E-state index is 12.6. The summed E-state index contributed by atoms with van der Waals surface area (Å²) < 4.78 is 30.0. The predicted octanol–water partition coefficient (Wildman–Crippen LogP) is 1.39. The van der Waals surface area contributed by atoms with Gasteiger partial charge in [0.2, 0.25) is 0 Å². The molecule has 24 heavy (non-hydrogen) atoms. The first kappa shape index (κ1) is 18.4. The van der Waals surface area contributed by atoms with Gasteiger partial charge in [-0.15, -0.1) is 0 Å². The van der Waals surface area contributed by atoms with Crippen molar-refractivity contribution in [3.05, 3.63) is 29.3 Å². The topological polar surface area (TPSA) is 110 Å². The molecule has 1 heterocycles. The lowest BCUT2D eigenvalue weighted by molar-refractivity contribution is -0.142. The van der Waals surface area contributed by atoms with Crippen molar-refractivity contribution in [2.24, 2.45) is 5.92 Å². The fraction of sp³-hybridized carbons (Fsp3) is 0.500. The Morgan fingerprint density at radius 3 is 2.54 bits per heavy atom. The molecular formula is C16H21NO6S. The number of ether oxygens (including phenoxy) is 1. The number of sulfone groups is 1. The van der Waals surface area contributed by atoms with Gasteiger partial charge in [-0.2, -0.15) is 0 Å². The third-order valence-electron chi connectivity index (χ3n) is 4.23. The second-order valence-corrected chi connectivity index (χ2v) is 8.48. The molecule has 1 aromatic carbocycles. The molecule has 2 rings (SSSR count). The maximum Gasteiger partial charge on any atom is 0.337 e. The number of carboxylic acids is 1. The third-order valence-corrected chi connectivity index (χ3v) is 6.46. The van der Waals surface area contributed by atoms with Crippen LogP contribution in [0.3, 0.4) is 0 Å². The summed E-state index contributed by atoms with van der Waals surface area (Å²) in [6.07, 6.45) is 0.392. The van der Waals surface area contributed by atoms with E-state index in [2.05, 4.69) is 10.1 Å². The molecule has 7 nitrogen and oxygen atoms in total. The van der Waals surface area contributed by atoms with E-state index in [1.807, 2.05) is 0 Å². The molecule has 1 aromatic rings.